The molecule has 8 heteroatoms. The highest BCUT2D eigenvalue weighted by Crippen LogP contribution is 2.43. The van der Waals surface area contributed by atoms with E-state index in [4.69, 9.17) is 24.9 Å². The molecule has 0 saturated carbocycles. The minimum Gasteiger partial charge on any atom is -0.309 e. The van der Waals surface area contributed by atoms with E-state index in [-0.39, 0.29) is 0 Å². The second-order valence-corrected chi connectivity index (χ2v) is 17.2. The molecule has 4 aromatic heterocycles. The highest BCUT2D eigenvalue weighted by molar-refractivity contribution is 6.29. The lowest BCUT2D eigenvalue weighted by Gasteiger charge is -2.13. The first-order valence-corrected chi connectivity index (χ1v) is 23.1. The van der Waals surface area contributed by atoms with Crippen molar-refractivity contribution >= 4 is 43.6 Å². The highest BCUT2D eigenvalue weighted by atomic mass is 15.0. The standard InChI is InChI=1S/C62H38N8/c63-39-46-37-45(62-67-60(43-21-9-3-10-22-43)66-61(68-62)44-23-11-4-12-24-44)31-34-52(46)70-54-28-16-14-26-49(54)58-56(70)36-35-55-57(58)48-25-13-15-27-53(48)69(55)47-32-29-41(30-33-47)51-38-50(40-17-5-1-6-18-40)64-59(65-51)42-19-7-2-8-20-42/h1-38H. The fourth-order valence-corrected chi connectivity index (χ4v) is 9.80. The van der Waals surface area contributed by atoms with E-state index in [1.165, 1.54) is 0 Å². The van der Waals surface area contributed by atoms with Gasteiger partial charge in [-0.15, -0.1) is 0 Å². The van der Waals surface area contributed by atoms with E-state index < -0.39 is 0 Å². The SMILES string of the molecule is N#Cc1cc(-c2nc(-c3ccccc3)nc(-c3ccccc3)n2)ccc1-n1c2ccccc2c2c3c4ccccc4n(-c4ccc(-c5cc(-c6ccccc6)nc(-c6ccccc6)n5)cc4)c3ccc21. The van der Waals surface area contributed by atoms with Crippen molar-refractivity contribution in [3.8, 4) is 85.5 Å². The highest BCUT2D eigenvalue weighted by Gasteiger charge is 2.23. The summed E-state index contributed by atoms with van der Waals surface area (Å²) in [4.78, 5) is 24.9. The summed E-state index contributed by atoms with van der Waals surface area (Å²) in [7, 11) is 0. The Hall–Kier alpha value is -9.84. The molecule has 8 nitrogen and oxygen atoms in total. The van der Waals surface area contributed by atoms with Crippen LogP contribution in [0.4, 0.5) is 0 Å². The van der Waals surface area contributed by atoms with Crippen molar-refractivity contribution in [2.24, 2.45) is 0 Å². The molecule has 13 aromatic rings. The zero-order valence-corrected chi connectivity index (χ0v) is 37.5. The number of hydrogen-bond donors (Lipinski definition) is 0. The van der Waals surface area contributed by atoms with Gasteiger partial charge in [-0.3, -0.25) is 0 Å². The van der Waals surface area contributed by atoms with Crippen molar-refractivity contribution in [1.82, 2.24) is 34.1 Å². The lowest BCUT2D eigenvalue weighted by atomic mass is 10.1. The minimum absolute atomic E-state index is 0.492. The molecule has 0 radical (unpaired) electrons. The van der Waals surface area contributed by atoms with Crippen LogP contribution in [0.2, 0.25) is 0 Å². The molecule has 326 valence electrons. The van der Waals surface area contributed by atoms with E-state index in [1.54, 1.807) is 0 Å². The van der Waals surface area contributed by atoms with Crippen molar-refractivity contribution < 1.29 is 0 Å². The van der Waals surface area contributed by atoms with Crippen LogP contribution in [0, 0.1) is 11.3 Å². The Bertz CT molecular complexity index is 4040. The van der Waals surface area contributed by atoms with Crippen LogP contribution < -0.4 is 0 Å². The summed E-state index contributed by atoms with van der Waals surface area (Å²) in [5.74, 6) is 2.30. The lowest BCUT2D eigenvalue weighted by Crippen LogP contribution is -2.02. The second-order valence-electron chi connectivity index (χ2n) is 17.2. The van der Waals surface area contributed by atoms with Gasteiger partial charge in [0.15, 0.2) is 23.3 Å². The molecule has 9 aromatic carbocycles. The number of fused-ring (bicyclic) bond motifs is 7. The third-order valence-corrected chi connectivity index (χ3v) is 13.0. The molecule has 70 heavy (non-hydrogen) atoms. The van der Waals surface area contributed by atoms with Crippen LogP contribution in [0.1, 0.15) is 5.56 Å². The fourth-order valence-electron chi connectivity index (χ4n) is 9.80. The topological polar surface area (TPSA) is 98.1 Å². The molecule has 0 aliphatic rings. The first kappa shape index (κ1) is 40.4. The average Bonchev–Trinajstić information content (AvgIpc) is 3.96. The molecular formula is C62H38N8. The van der Waals surface area contributed by atoms with Crippen molar-refractivity contribution in [2.75, 3.05) is 0 Å². The number of aromatic nitrogens is 7. The van der Waals surface area contributed by atoms with Gasteiger partial charge >= 0.3 is 0 Å². The molecule has 0 spiro atoms. The molecule has 0 N–H and O–H groups in total. The van der Waals surface area contributed by atoms with Crippen LogP contribution >= 0.6 is 0 Å². The van der Waals surface area contributed by atoms with E-state index in [2.05, 4.69) is 118 Å². The number of rotatable bonds is 8. The Morgan fingerprint density at radius 2 is 0.714 bits per heavy atom. The lowest BCUT2D eigenvalue weighted by molar-refractivity contribution is 1.07. The van der Waals surface area contributed by atoms with Gasteiger partial charge in [0.25, 0.3) is 0 Å². The van der Waals surface area contributed by atoms with Crippen molar-refractivity contribution in [3.05, 3.63) is 236 Å². The van der Waals surface area contributed by atoms with Crippen LogP contribution in [0.25, 0.3) is 123 Å². The first-order chi connectivity index (χ1) is 34.7. The van der Waals surface area contributed by atoms with E-state index in [0.29, 0.717) is 28.9 Å². The fraction of sp³-hybridized carbons (Fsp3) is 0. The van der Waals surface area contributed by atoms with E-state index >= 15 is 0 Å². The number of nitriles is 1. The van der Waals surface area contributed by atoms with Gasteiger partial charge in [-0.1, -0.05) is 170 Å². The zero-order chi connectivity index (χ0) is 46.5. The summed E-state index contributed by atoms with van der Waals surface area (Å²) in [5, 5.41) is 15.4. The van der Waals surface area contributed by atoms with Gasteiger partial charge in [0.05, 0.1) is 44.7 Å². The predicted octanol–water partition coefficient (Wildman–Crippen LogP) is 14.7. The molecule has 13 rings (SSSR count). The minimum atomic E-state index is 0.492. The number of para-hydroxylation sites is 2. The Labute approximate surface area is 402 Å². The largest absolute Gasteiger partial charge is 0.309 e. The van der Waals surface area contributed by atoms with Crippen molar-refractivity contribution in [2.45, 2.75) is 0 Å². The van der Waals surface area contributed by atoms with Crippen molar-refractivity contribution in [3.63, 3.8) is 0 Å². The maximum Gasteiger partial charge on any atom is 0.164 e. The molecule has 0 amide bonds. The Kier molecular flexibility index (Phi) is 9.70. The maximum absolute atomic E-state index is 10.9. The van der Waals surface area contributed by atoms with Gasteiger partial charge < -0.3 is 9.13 Å². The molecule has 4 heterocycles. The first-order valence-electron chi connectivity index (χ1n) is 23.1. The second kappa shape index (κ2) is 16.8. The third-order valence-electron chi connectivity index (χ3n) is 13.0. The Morgan fingerprint density at radius 3 is 1.23 bits per heavy atom. The quantitative estimate of drug-likeness (QED) is 0.151. The average molecular weight is 895 g/mol. The summed E-state index contributed by atoms with van der Waals surface area (Å²) >= 11 is 0. The number of benzene rings is 9. The summed E-state index contributed by atoms with van der Waals surface area (Å²) in [6.07, 6.45) is 0. The summed E-state index contributed by atoms with van der Waals surface area (Å²) in [6, 6.07) is 80.9. The summed E-state index contributed by atoms with van der Waals surface area (Å²) in [6.45, 7) is 0. The van der Waals surface area contributed by atoms with E-state index in [1.807, 2.05) is 127 Å². The predicted molar refractivity (Wildman–Crippen MR) is 281 cm³/mol. The molecule has 0 bridgehead atoms. The zero-order valence-electron chi connectivity index (χ0n) is 37.5. The molecule has 0 atom stereocenters. The molecule has 0 aliphatic carbocycles. The number of nitrogens with zero attached hydrogens (tertiary/aromatic N) is 8. The molecule has 0 fully saturated rings. The van der Waals surface area contributed by atoms with Gasteiger partial charge in [-0.05, 0) is 60.7 Å². The summed E-state index contributed by atoms with van der Waals surface area (Å²) in [5.41, 5.74) is 13.7. The van der Waals surface area contributed by atoms with E-state index in [0.717, 1.165) is 99.8 Å². The van der Waals surface area contributed by atoms with Crippen LogP contribution in [-0.4, -0.2) is 34.1 Å². The maximum atomic E-state index is 10.9. The molecule has 0 saturated heterocycles. The molecule has 0 unspecified atom stereocenters. The summed E-state index contributed by atoms with van der Waals surface area (Å²) < 4.78 is 4.57. The monoisotopic (exact) mass is 894 g/mol. The van der Waals surface area contributed by atoms with Crippen LogP contribution in [-0.2, 0) is 0 Å². The normalized spacial score (nSPS) is 11.4. The van der Waals surface area contributed by atoms with Gasteiger partial charge in [-0.25, -0.2) is 24.9 Å². The van der Waals surface area contributed by atoms with Gasteiger partial charge in [0.1, 0.15) is 6.07 Å². The molecule has 0 aliphatic heterocycles. The Balaban J connectivity index is 0.947. The van der Waals surface area contributed by atoms with Crippen LogP contribution in [0.3, 0.4) is 0 Å². The smallest absolute Gasteiger partial charge is 0.164 e. The van der Waals surface area contributed by atoms with Crippen LogP contribution in [0.15, 0.2) is 231 Å². The number of hydrogen-bond acceptors (Lipinski definition) is 6. The van der Waals surface area contributed by atoms with Gasteiger partial charge in [0.2, 0.25) is 0 Å². The molecular weight excluding hydrogens is 857 g/mol. The van der Waals surface area contributed by atoms with Crippen molar-refractivity contribution in [1.29, 1.82) is 5.26 Å². The third kappa shape index (κ3) is 6.88. The Morgan fingerprint density at radius 1 is 0.314 bits per heavy atom. The van der Waals surface area contributed by atoms with Gasteiger partial charge in [-0.2, -0.15) is 5.26 Å². The van der Waals surface area contributed by atoms with Crippen LogP contribution in [0.5, 0.6) is 0 Å². The van der Waals surface area contributed by atoms with E-state index in [9.17, 15) is 5.26 Å². The van der Waals surface area contributed by atoms with Gasteiger partial charge in [0, 0.05) is 60.6 Å².